The number of carbonyl (C=O) groups excluding carboxylic acids is 1. The zero-order valence-electron chi connectivity index (χ0n) is 18.0. The van der Waals surface area contributed by atoms with Crippen molar-refractivity contribution in [1.29, 1.82) is 0 Å². The Balaban J connectivity index is 0.00000420. The number of likely N-dealkylation sites (tertiary alicyclic amines) is 1. The highest BCUT2D eigenvalue weighted by molar-refractivity contribution is 14.0. The van der Waals surface area contributed by atoms with E-state index in [-0.39, 0.29) is 30.6 Å². The fraction of sp³-hybridized carbons (Fsp3) is 0.636. The average Bonchev–Trinajstić information content (AvgIpc) is 3.17. The van der Waals surface area contributed by atoms with Crippen LogP contribution in [0.3, 0.4) is 0 Å². The second-order valence-electron chi connectivity index (χ2n) is 7.46. The van der Waals surface area contributed by atoms with Gasteiger partial charge in [0.25, 0.3) is 5.91 Å². The monoisotopic (exact) mass is 516 g/mol. The Kier molecular flexibility index (Phi) is 12.0. The van der Waals surface area contributed by atoms with Crippen molar-refractivity contribution in [1.82, 2.24) is 10.2 Å². The number of nitrogens with zero attached hydrogens (tertiary/aromatic N) is 2. The number of primary amides is 1. The summed E-state index contributed by atoms with van der Waals surface area (Å²) in [4.78, 5) is 18.1. The lowest BCUT2D eigenvalue weighted by Crippen LogP contribution is -2.40. The maximum Gasteiger partial charge on any atom is 0.255 e. The first-order chi connectivity index (χ1) is 13.6. The number of hydrogen-bond acceptors (Lipinski definition) is 3. The molecule has 1 atom stereocenters. The fourth-order valence-electron chi connectivity index (χ4n) is 3.94. The van der Waals surface area contributed by atoms with Gasteiger partial charge in [0.15, 0.2) is 12.6 Å². The number of hydrogen-bond donors (Lipinski definition) is 2. The third kappa shape index (κ3) is 8.40. The van der Waals surface area contributed by atoms with Gasteiger partial charge < -0.3 is 20.7 Å². The van der Waals surface area contributed by atoms with Gasteiger partial charge >= 0.3 is 0 Å². The lowest BCUT2D eigenvalue weighted by atomic mass is 9.87. The number of amides is 1. The summed E-state index contributed by atoms with van der Waals surface area (Å²) in [6, 6.07) is 7.76. The molecule has 2 rings (SSSR count). The first kappa shape index (κ1) is 25.5. The Morgan fingerprint density at radius 1 is 1.28 bits per heavy atom. The molecule has 1 fully saturated rings. The summed E-state index contributed by atoms with van der Waals surface area (Å²) in [5.74, 6) is 2.83. The standard InChI is InChI=1S/C22H36N4O2.HI/c1-4-18(5-2)19-12-14-26(15-19)22(24-6-3)25-13-11-17-7-9-20(10-8-17)28-16-21(23)27;/h7-10,18-19H,4-6,11-16H2,1-3H3,(H2,23,27)(H,24,25);1H. The van der Waals surface area contributed by atoms with E-state index in [1.54, 1.807) is 0 Å². The fourth-order valence-corrected chi connectivity index (χ4v) is 3.94. The van der Waals surface area contributed by atoms with Crippen LogP contribution >= 0.6 is 24.0 Å². The number of carbonyl (C=O) groups is 1. The second-order valence-corrected chi connectivity index (χ2v) is 7.46. The molecule has 1 saturated heterocycles. The zero-order chi connectivity index (χ0) is 20.4. The van der Waals surface area contributed by atoms with Gasteiger partial charge in [-0.25, -0.2) is 0 Å². The Morgan fingerprint density at radius 2 is 1.97 bits per heavy atom. The van der Waals surface area contributed by atoms with Crippen LogP contribution in [0, 0.1) is 11.8 Å². The summed E-state index contributed by atoms with van der Waals surface area (Å²) in [6.07, 6.45) is 4.67. The van der Waals surface area contributed by atoms with Crippen molar-refractivity contribution in [2.24, 2.45) is 22.6 Å². The number of benzene rings is 1. The van der Waals surface area contributed by atoms with Crippen LogP contribution in [-0.4, -0.2) is 49.6 Å². The highest BCUT2D eigenvalue weighted by Gasteiger charge is 2.29. The number of guanidine groups is 1. The molecule has 7 heteroatoms. The quantitative estimate of drug-likeness (QED) is 0.284. The highest BCUT2D eigenvalue weighted by atomic mass is 127. The van der Waals surface area contributed by atoms with Crippen molar-refractivity contribution in [3.63, 3.8) is 0 Å². The Morgan fingerprint density at radius 3 is 2.55 bits per heavy atom. The maximum atomic E-state index is 10.8. The molecule has 1 unspecified atom stereocenters. The minimum atomic E-state index is -0.470. The summed E-state index contributed by atoms with van der Waals surface area (Å²) in [7, 11) is 0. The van der Waals surface area contributed by atoms with Gasteiger partial charge in [-0.2, -0.15) is 0 Å². The van der Waals surface area contributed by atoms with Gasteiger partial charge in [0.05, 0.1) is 0 Å². The lowest BCUT2D eigenvalue weighted by molar-refractivity contribution is -0.119. The molecule has 0 spiro atoms. The third-order valence-electron chi connectivity index (χ3n) is 5.54. The minimum absolute atomic E-state index is 0. The summed E-state index contributed by atoms with van der Waals surface area (Å²) in [5.41, 5.74) is 6.29. The topological polar surface area (TPSA) is 80.0 Å². The number of rotatable bonds is 10. The van der Waals surface area contributed by atoms with E-state index in [2.05, 4.69) is 31.0 Å². The molecule has 1 aromatic carbocycles. The van der Waals surface area contributed by atoms with E-state index in [1.165, 1.54) is 24.8 Å². The summed E-state index contributed by atoms with van der Waals surface area (Å²) >= 11 is 0. The van der Waals surface area contributed by atoms with E-state index in [4.69, 9.17) is 15.5 Å². The molecule has 1 aromatic rings. The van der Waals surface area contributed by atoms with Crippen LogP contribution in [-0.2, 0) is 11.2 Å². The molecule has 0 aromatic heterocycles. The molecule has 0 bridgehead atoms. The predicted octanol–water partition coefficient (Wildman–Crippen LogP) is 3.43. The summed E-state index contributed by atoms with van der Waals surface area (Å²) in [6.45, 7) is 10.5. The highest BCUT2D eigenvalue weighted by Crippen LogP contribution is 2.28. The molecule has 3 N–H and O–H groups in total. The van der Waals surface area contributed by atoms with Crippen molar-refractivity contribution in [3.05, 3.63) is 29.8 Å². The molecule has 1 aliphatic heterocycles. The van der Waals surface area contributed by atoms with E-state index in [0.717, 1.165) is 50.4 Å². The van der Waals surface area contributed by atoms with Crippen molar-refractivity contribution in [2.75, 3.05) is 32.8 Å². The first-order valence-electron chi connectivity index (χ1n) is 10.6. The van der Waals surface area contributed by atoms with E-state index in [0.29, 0.717) is 5.75 Å². The van der Waals surface area contributed by atoms with Crippen molar-refractivity contribution < 1.29 is 9.53 Å². The maximum absolute atomic E-state index is 10.8. The van der Waals surface area contributed by atoms with Gasteiger partial charge in [0.2, 0.25) is 0 Å². The normalized spacial score (nSPS) is 16.6. The Hall–Kier alpha value is -1.51. The van der Waals surface area contributed by atoms with Gasteiger partial charge in [-0.05, 0) is 49.3 Å². The van der Waals surface area contributed by atoms with Gasteiger partial charge in [-0.3, -0.25) is 9.79 Å². The van der Waals surface area contributed by atoms with E-state index >= 15 is 0 Å². The summed E-state index contributed by atoms with van der Waals surface area (Å²) < 4.78 is 5.29. The van der Waals surface area contributed by atoms with Crippen molar-refractivity contribution >= 4 is 35.8 Å². The number of nitrogens with one attached hydrogen (secondary N) is 1. The molecular weight excluding hydrogens is 479 g/mol. The van der Waals surface area contributed by atoms with Crippen molar-refractivity contribution in [2.45, 2.75) is 46.5 Å². The SMILES string of the molecule is CCNC(=NCCc1ccc(OCC(N)=O)cc1)N1CCC(C(CC)CC)C1.I. The predicted molar refractivity (Wildman–Crippen MR) is 130 cm³/mol. The minimum Gasteiger partial charge on any atom is -0.484 e. The van der Waals surface area contributed by atoms with Crippen LogP contribution in [0.15, 0.2) is 29.3 Å². The van der Waals surface area contributed by atoms with E-state index in [1.807, 2.05) is 24.3 Å². The van der Waals surface area contributed by atoms with Crippen LogP contribution in [0.4, 0.5) is 0 Å². The molecule has 164 valence electrons. The molecule has 6 nitrogen and oxygen atoms in total. The van der Waals surface area contributed by atoms with Gasteiger partial charge in [0, 0.05) is 26.2 Å². The zero-order valence-corrected chi connectivity index (χ0v) is 20.4. The summed E-state index contributed by atoms with van der Waals surface area (Å²) in [5, 5.41) is 3.45. The first-order valence-corrected chi connectivity index (χ1v) is 10.6. The molecule has 1 heterocycles. The number of nitrogens with two attached hydrogens (primary N) is 1. The molecular formula is C22H37IN4O2. The molecule has 0 aliphatic carbocycles. The number of halogens is 1. The smallest absolute Gasteiger partial charge is 0.255 e. The lowest BCUT2D eigenvalue weighted by Gasteiger charge is -2.24. The van der Waals surface area contributed by atoms with Gasteiger partial charge in [-0.15, -0.1) is 24.0 Å². The molecule has 1 aliphatic rings. The van der Waals surface area contributed by atoms with Crippen molar-refractivity contribution in [3.8, 4) is 5.75 Å². The molecule has 0 radical (unpaired) electrons. The van der Waals surface area contributed by atoms with Crippen LogP contribution in [0.1, 0.15) is 45.6 Å². The largest absolute Gasteiger partial charge is 0.484 e. The van der Waals surface area contributed by atoms with E-state index in [9.17, 15) is 4.79 Å². The molecule has 29 heavy (non-hydrogen) atoms. The second kappa shape index (κ2) is 13.7. The van der Waals surface area contributed by atoms with Crippen LogP contribution in [0.2, 0.25) is 0 Å². The third-order valence-corrected chi connectivity index (χ3v) is 5.54. The number of aliphatic imine (C=N–C) groups is 1. The van der Waals surface area contributed by atoms with E-state index < -0.39 is 5.91 Å². The van der Waals surface area contributed by atoms with Crippen LogP contribution < -0.4 is 15.8 Å². The molecule has 0 saturated carbocycles. The van der Waals surface area contributed by atoms with Gasteiger partial charge in [0.1, 0.15) is 5.75 Å². The van der Waals surface area contributed by atoms with Crippen LogP contribution in [0.5, 0.6) is 5.75 Å². The Bertz CT molecular complexity index is 632. The number of ether oxygens (including phenoxy) is 1. The molecule has 1 amide bonds. The van der Waals surface area contributed by atoms with Gasteiger partial charge in [-0.1, -0.05) is 38.8 Å². The van der Waals surface area contributed by atoms with Crippen LogP contribution in [0.25, 0.3) is 0 Å². The Labute approximate surface area is 192 Å². The average molecular weight is 516 g/mol.